The monoisotopic (exact) mass is 162 g/mol. The minimum absolute atomic E-state index is 0.619. The summed E-state index contributed by atoms with van der Waals surface area (Å²) in [6.07, 6.45) is 0. The molecule has 1 heteroatoms. The second kappa shape index (κ2) is 4.10. The minimum atomic E-state index is 0.619. The van der Waals surface area contributed by atoms with Crippen LogP contribution in [0.4, 0.5) is 0 Å². The van der Waals surface area contributed by atoms with Crippen LogP contribution < -0.4 is 0 Å². The zero-order chi connectivity index (χ0) is 8.10. The zero-order valence-corrected chi connectivity index (χ0v) is 7.36. The lowest BCUT2D eigenvalue weighted by atomic mass is 10.1. The van der Waals surface area contributed by atoms with Crippen molar-refractivity contribution in [3.63, 3.8) is 0 Å². The maximum absolute atomic E-state index is 4.01. The first kappa shape index (κ1) is 8.23. The molecule has 0 spiro atoms. The molecule has 1 rings (SSSR count). The summed E-state index contributed by atoms with van der Waals surface area (Å²) in [6.45, 7) is 2.06. The molecule has 0 atom stereocenters. The number of rotatable bonds is 0. The summed E-state index contributed by atoms with van der Waals surface area (Å²) >= 11 is 4.01. The van der Waals surface area contributed by atoms with Crippen LogP contribution in [-0.2, 0) is 0 Å². The van der Waals surface area contributed by atoms with Crippen LogP contribution in [0, 0.1) is 18.8 Å². The molecule has 0 heterocycles. The summed E-state index contributed by atoms with van der Waals surface area (Å²) in [5.74, 6) is 6.58. The number of benzene rings is 1. The molecular weight excluding hydrogens is 152 g/mol. The van der Waals surface area contributed by atoms with E-state index in [9.17, 15) is 0 Å². The van der Waals surface area contributed by atoms with Crippen LogP contribution in [0.15, 0.2) is 24.3 Å². The van der Waals surface area contributed by atoms with Crippen LogP contribution >= 0.6 is 12.6 Å². The maximum Gasteiger partial charge on any atom is 0.0521 e. The third-order valence-corrected chi connectivity index (χ3v) is 1.61. The Balaban J connectivity index is 2.95. The van der Waals surface area contributed by atoms with Gasteiger partial charge in [-0.2, -0.15) is 12.6 Å². The topological polar surface area (TPSA) is 0 Å². The van der Waals surface area contributed by atoms with Crippen molar-refractivity contribution in [2.75, 3.05) is 5.75 Å². The molecule has 0 aliphatic rings. The lowest BCUT2D eigenvalue weighted by Crippen LogP contribution is -1.79. The highest BCUT2D eigenvalue weighted by atomic mass is 32.1. The van der Waals surface area contributed by atoms with E-state index in [1.54, 1.807) is 0 Å². The number of hydrogen-bond donors (Lipinski definition) is 1. The van der Waals surface area contributed by atoms with Crippen molar-refractivity contribution in [3.05, 3.63) is 35.4 Å². The van der Waals surface area contributed by atoms with Crippen LogP contribution in [-0.4, -0.2) is 5.75 Å². The van der Waals surface area contributed by atoms with Crippen molar-refractivity contribution in [1.29, 1.82) is 0 Å². The van der Waals surface area contributed by atoms with Gasteiger partial charge in [0.1, 0.15) is 0 Å². The van der Waals surface area contributed by atoms with E-state index >= 15 is 0 Å². The molecule has 56 valence electrons. The molecule has 0 saturated heterocycles. The van der Waals surface area contributed by atoms with Crippen LogP contribution in [0.3, 0.4) is 0 Å². The third-order valence-electron chi connectivity index (χ3n) is 1.45. The number of aryl methyl sites for hydroxylation is 1. The van der Waals surface area contributed by atoms with Crippen molar-refractivity contribution < 1.29 is 0 Å². The number of hydrogen-bond acceptors (Lipinski definition) is 1. The van der Waals surface area contributed by atoms with E-state index in [1.165, 1.54) is 5.56 Å². The molecule has 0 aliphatic carbocycles. The van der Waals surface area contributed by atoms with E-state index in [0.717, 1.165) is 5.56 Å². The van der Waals surface area contributed by atoms with Crippen LogP contribution in [0.1, 0.15) is 11.1 Å². The molecule has 0 bridgehead atoms. The fraction of sp³-hybridized carbons (Fsp3) is 0.200. The molecule has 0 fully saturated rings. The molecule has 0 aliphatic heterocycles. The van der Waals surface area contributed by atoms with Crippen molar-refractivity contribution in [1.82, 2.24) is 0 Å². The standard InChI is InChI=1S/C10H10S/c1-9-5-2-3-6-10(9)7-4-8-11/h2-3,5-6,11H,8H2,1H3. The van der Waals surface area contributed by atoms with Crippen molar-refractivity contribution in [3.8, 4) is 11.8 Å². The molecule has 0 saturated carbocycles. The van der Waals surface area contributed by atoms with E-state index in [-0.39, 0.29) is 0 Å². The van der Waals surface area contributed by atoms with Gasteiger partial charge in [0.25, 0.3) is 0 Å². The molecule has 0 unspecified atom stereocenters. The summed E-state index contributed by atoms with van der Waals surface area (Å²) in [5.41, 5.74) is 2.32. The molecule has 11 heavy (non-hydrogen) atoms. The van der Waals surface area contributed by atoms with Gasteiger partial charge in [0, 0.05) is 5.56 Å². The molecule has 0 N–H and O–H groups in total. The Morgan fingerprint density at radius 2 is 2.09 bits per heavy atom. The molecule has 0 aromatic heterocycles. The van der Waals surface area contributed by atoms with Gasteiger partial charge >= 0.3 is 0 Å². The average molecular weight is 162 g/mol. The Labute approximate surface area is 73.0 Å². The van der Waals surface area contributed by atoms with Gasteiger partial charge in [-0.3, -0.25) is 0 Å². The van der Waals surface area contributed by atoms with Gasteiger partial charge in [0.05, 0.1) is 5.75 Å². The zero-order valence-electron chi connectivity index (χ0n) is 6.46. The highest BCUT2D eigenvalue weighted by Crippen LogP contribution is 2.03. The first-order chi connectivity index (χ1) is 5.34. The SMILES string of the molecule is Cc1ccccc1C#CCS. The Morgan fingerprint density at radius 1 is 1.36 bits per heavy atom. The van der Waals surface area contributed by atoms with Gasteiger partial charge in [-0.25, -0.2) is 0 Å². The lowest BCUT2D eigenvalue weighted by molar-refractivity contribution is 1.44. The second-order valence-electron chi connectivity index (χ2n) is 2.27. The summed E-state index contributed by atoms with van der Waals surface area (Å²) in [5, 5.41) is 0. The van der Waals surface area contributed by atoms with Crippen molar-refractivity contribution in [2.45, 2.75) is 6.92 Å². The Hall–Kier alpha value is -0.870. The highest BCUT2D eigenvalue weighted by molar-refractivity contribution is 7.80. The molecule has 1 aromatic carbocycles. The molecule has 1 aromatic rings. The van der Waals surface area contributed by atoms with Gasteiger partial charge in [0.15, 0.2) is 0 Å². The first-order valence-corrected chi connectivity index (χ1v) is 4.13. The van der Waals surface area contributed by atoms with Crippen LogP contribution in [0.2, 0.25) is 0 Å². The largest absolute Gasteiger partial charge is 0.166 e. The summed E-state index contributed by atoms with van der Waals surface area (Å²) in [6, 6.07) is 8.09. The van der Waals surface area contributed by atoms with E-state index in [4.69, 9.17) is 0 Å². The maximum atomic E-state index is 4.01. The summed E-state index contributed by atoms with van der Waals surface area (Å²) < 4.78 is 0. The number of thiol groups is 1. The normalized spacial score (nSPS) is 8.55. The second-order valence-corrected chi connectivity index (χ2v) is 2.59. The first-order valence-electron chi connectivity index (χ1n) is 3.50. The summed E-state index contributed by atoms with van der Waals surface area (Å²) in [7, 11) is 0. The van der Waals surface area contributed by atoms with Crippen LogP contribution in [0.25, 0.3) is 0 Å². The smallest absolute Gasteiger partial charge is 0.0521 e. The highest BCUT2D eigenvalue weighted by Gasteiger charge is 1.88. The lowest BCUT2D eigenvalue weighted by Gasteiger charge is -1.93. The van der Waals surface area contributed by atoms with Gasteiger partial charge in [-0.15, -0.1) is 0 Å². The fourth-order valence-corrected chi connectivity index (χ4v) is 0.927. The van der Waals surface area contributed by atoms with E-state index in [2.05, 4.69) is 37.5 Å². The minimum Gasteiger partial charge on any atom is -0.166 e. The van der Waals surface area contributed by atoms with Gasteiger partial charge in [-0.05, 0) is 18.6 Å². The van der Waals surface area contributed by atoms with E-state index in [1.807, 2.05) is 18.2 Å². The van der Waals surface area contributed by atoms with Gasteiger partial charge in [0.2, 0.25) is 0 Å². The van der Waals surface area contributed by atoms with Crippen molar-refractivity contribution in [2.24, 2.45) is 0 Å². The van der Waals surface area contributed by atoms with Crippen molar-refractivity contribution >= 4 is 12.6 Å². The third kappa shape index (κ3) is 2.32. The molecule has 0 nitrogen and oxygen atoms in total. The van der Waals surface area contributed by atoms with E-state index < -0.39 is 0 Å². The Bertz CT molecular complexity index is 291. The van der Waals surface area contributed by atoms with Gasteiger partial charge < -0.3 is 0 Å². The fourth-order valence-electron chi connectivity index (χ4n) is 0.848. The molecule has 0 radical (unpaired) electrons. The Morgan fingerprint density at radius 3 is 2.73 bits per heavy atom. The molecule has 0 amide bonds. The quantitative estimate of drug-likeness (QED) is 0.439. The average Bonchev–Trinajstić information content (AvgIpc) is 2.03. The predicted molar refractivity (Wildman–Crippen MR) is 51.9 cm³/mol. The Kier molecular flexibility index (Phi) is 3.07. The predicted octanol–water partition coefficient (Wildman–Crippen LogP) is 2.28. The summed E-state index contributed by atoms with van der Waals surface area (Å²) in [4.78, 5) is 0. The van der Waals surface area contributed by atoms with E-state index in [0.29, 0.717) is 5.75 Å². The van der Waals surface area contributed by atoms with Crippen LogP contribution in [0.5, 0.6) is 0 Å². The van der Waals surface area contributed by atoms with Gasteiger partial charge in [-0.1, -0.05) is 30.0 Å². The molecular formula is C10H10S.